The molecule has 0 aliphatic heterocycles. The lowest BCUT2D eigenvalue weighted by Crippen LogP contribution is -1.90. The summed E-state index contributed by atoms with van der Waals surface area (Å²) in [6.45, 7) is 66.8. The van der Waals surface area contributed by atoms with Crippen LogP contribution in [0, 0.1) is 34.6 Å². The van der Waals surface area contributed by atoms with Gasteiger partial charge in [0.2, 0.25) is 0 Å². The van der Waals surface area contributed by atoms with Gasteiger partial charge in [-0.1, -0.05) is 550 Å². The fourth-order valence-corrected chi connectivity index (χ4v) is 13.1. The van der Waals surface area contributed by atoms with Crippen molar-refractivity contribution in [3.05, 3.63) is 374 Å². The molecule has 0 aliphatic rings. The lowest BCUT2D eigenvalue weighted by atomic mass is 9.87. The highest BCUT2D eigenvalue weighted by molar-refractivity contribution is 6.19. The van der Waals surface area contributed by atoms with E-state index in [1.165, 1.54) is 160 Å². The van der Waals surface area contributed by atoms with Crippen molar-refractivity contribution < 1.29 is 0 Å². The van der Waals surface area contributed by atoms with Crippen LogP contribution in [-0.4, -0.2) is 0 Å². The third kappa shape index (κ3) is 32.6. The molecule has 0 heterocycles. The predicted octanol–water partition coefficient (Wildman–Crippen LogP) is 40.1. The molecule has 0 aliphatic carbocycles. The maximum Gasteiger partial charge on any atom is -0.00204 e. The zero-order valence-electron chi connectivity index (χ0n) is 80.4. The molecule has 0 nitrogen and oxygen atoms in total. The summed E-state index contributed by atoms with van der Waals surface area (Å²) in [6, 6.07) is 124. The second-order valence-corrected chi connectivity index (χ2v) is 23.8. The smallest absolute Gasteiger partial charge is 0.00204 e. The standard InChI is InChI=1S/C31H22.C22H18.2C19H16.14C2H6/c1-21-9-6-13-23(19-21)26-16-8-18-29-30(26)20-24-11-3-5-15-27(24)31(29)28-17-7-12-22-10-2-4-14-25(22)28;1-15-8-7-9-17(14-15)22-16(2)18-10-3-4-11-19(18)20-12-5-6-13-21(20)22;1-15-7-5-10-17(13-15)19-12-6-11-18(14-19)16-8-3-2-4-9-16;1-15-8-7-11-17(14-15)19-13-6-5-12-18(19)16-9-3-2-4-10-16;14*1-2/h2-20H,1H3;3-14H,1-2H3;2*2-14H,1H3;14*1-2H3. The molecule has 119 heavy (non-hydrogen) atoms. The number of rotatable bonds is 7. The van der Waals surface area contributed by atoms with Crippen LogP contribution in [0.5, 0.6) is 0 Å². The van der Waals surface area contributed by atoms with E-state index in [1.807, 2.05) is 200 Å². The third-order valence-corrected chi connectivity index (χ3v) is 17.5. The summed E-state index contributed by atoms with van der Waals surface area (Å²) < 4.78 is 0. The van der Waals surface area contributed by atoms with Crippen LogP contribution in [0.4, 0.5) is 0 Å². The van der Waals surface area contributed by atoms with Crippen LogP contribution in [0.15, 0.2) is 346 Å². The molecule has 0 aromatic heterocycles. The van der Waals surface area contributed by atoms with Gasteiger partial charge in [0.15, 0.2) is 0 Å². The SMILES string of the molecule is CC.CC.CC.CC.CC.CC.CC.CC.CC.CC.CC.CC.CC.CC.Cc1cccc(-c2c(C)c3ccccc3c3ccccc23)c1.Cc1cccc(-c2cccc(-c3ccccc3)c2)c1.Cc1cccc(-c2cccc3c(-c4cccc5ccccc45)c4ccccc4cc23)c1.Cc1cccc(-c2ccccc2-c2ccccc2)c1. The molecule has 0 bridgehead atoms. The van der Waals surface area contributed by atoms with E-state index in [0.29, 0.717) is 0 Å². The lowest BCUT2D eigenvalue weighted by molar-refractivity contribution is 1.46. The fourth-order valence-electron chi connectivity index (χ4n) is 13.1. The summed E-state index contributed by atoms with van der Waals surface area (Å²) in [4.78, 5) is 0. The first kappa shape index (κ1) is 110. The molecule has 0 radical (unpaired) electrons. The van der Waals surface area contributed by atoms with Gasteiger partial charge < -0.3 is 0 Å². The number of aryl methyl sites for hydroxylation is 5. The normalized spacial score (nSPS) is 9.05. The van der Waals surface area contributed by atoms with E-state index in [0.717, 1.165) is 0 Å². The topological polar surface area (TPSA) is 0 Å². The Hall–Kier alpha value is -11.2. The summed E-state index contributed by atoms with van der Waals surface area (Å²) in [7, 11) is 0. The predicted molar refractivity (Wildman–Crippen MR) is 554 cm³/mol. The van der Waals surface area contributed by atoms with E-state index in [1.54, 1.807) is 0 Å². The van der Waals surface area contributed by atoms with Gasteiger partial charge in [-0.2, -0.15) is 0 Å². The molecule has 0 heteroatoms. The second kappa shape index (κ2) is 67.8. The molecule has 632 valence electrons. The quantitative estimate of drug-likeness (QED) is 0.110. The highest BCUT2D eigenvalue weighted by Gasteiger charge is 2.17. The van der Waals surface area contributed by atoms with Gasteiger partial charge in [0.1, 0.15) is 0 Å². The summed E-state index contributed by atoms with van der Waals surface area (Å²) >= 11 is 0. The fraction of sp³-hybridized carbons (Fsp3) is 0.277. The molecule has 0 amide bonds. The van der Waals surface area contributed by atoms with Crippen molar-refractivity contribution in [2.75, 3.05) is 0 Å². The van der Waals surface area contributed by atoms with Crippen molar-refractivity contribution in [3.8, 4) is 77.9 Å². The minimum Gasteiger partial charge on any atom is -0.0683 e. The average molecular weight is 1590 g/mol. The average Bonchev–Trinajstić information content (AvgIpc) is 0.745. The Morgan fingerprint density at radius 2 is 0.387 bits per heavy atom. The van der Waals surface area contributed by atoms with E-state index in [4.69, 9.17) is 0 Å². The van der Waals surface area contributed by atoms with Gasteiger partial charge in [-0.25, -0.2) is 0 Å². The van der Waals surface area contributed by atoms with Gasteiger partial charge in [-0.05, 0) is 184 Å². The van der Waals surface area contributed by atoms with E-state index in [9.17, 15) is 0 Å². The number of fused-ring (bicyclic) bond motifs is 6. The lowest BCUT2D eigenvalue weighted by Gasteiger charge is -2.16. The van der Waals surface area contributed by atoms with Crippen molar-refractivity contribution in [1.82, 2.24) is 0 Å². The molecule has 16 rings (SSSR count). The van der Waals surface area contributed by atoms with Crippen molar-refractivity contribution in [2.45, 2.75) is 228 Å². The highest BCUT2D eigenvalue weighted by atomic mass is 14.2. The summed E-state index contributed by atoms with van der Waals surface area (Å²) in [5.74, 6) is 0. The molecule has 16 aromatic rings. The van der Waals surface area contributed by atoms with Crippen molar-refractivity contribution in [1.29, 1.82) is 0 Å². The first-order valence-electron chi connectivity index (χ1n) is 45.6. The molecule has 0 N–H and O–H groups in total. The molecule has 0 atom stereocenters. The molecule has 16 aromatic carbocycles. The Morgan fingerprint density at radius 1 is 0.126 bits per heavy atom. The summed E-state index contributed by atoms with van der Waals surface area (Å²) in [6.07, 6.45) is 0. The Morgan fingerprint density at radius 3 is 0.866 bits per heavy atom. The zero-order chi connectivity index (χ0) is 90.0. The van der Waals surface area contributed by atoms with Crippen LogP contribution in [-0.2, 0) is 0 Å². The molecular formula is C119H156. The van der Waals surface area contributed by atoms with Crippen LogP contribution < -0.4 is 0 Å². The van der Waals surface area contributed by atoms with Gasteiger partial charge in [0, 0.05) is 0 Å². The first-order valence-corrected chi connectivity index (χ1v) is 45.6. The molecule has 0 unspecified atom stereocenters. The van der Waals surface area contributed by atoms with Gasteiger partial charge >= 0.3 is 0 Å². The summed E-state index contributed by atoms with van der Waals surface area (Å²) in [5, 5.41) is 13.1. The molecule has 0 saturated carbocycles. The molecule has 0 fully saturated rings. The minimum atomic E-state index is 1.26. The van der Waals surface area contributed by atoms with E-state index >= 15 is 0 Å². The second-order valence-electron chi connectivity index (χ2n) is 23.8. The number of hydrogen-bond acceptors (Lipinski definition) is 0. The largest absolute Gasteiger partial charge is 0.0683 e. The highest BCUT2D eigenvalue weighted by Crippen LogP contribution is 2.44. The van der Waals surface area contributed by atoms with Crippen molar-refractivity contribution in [3.63, 3.8) is 0 Å². The maximum atomic E-state index is 2.36. The van der Waals surface area contributed by atoms with E-state index in [-0.39, 0.29) is 0 Å². The first-order chi connectivity index (χ1) is 58.7. The third-order valence-electron chi connectivity index (χ3n) is 17.5. The van der Waals surface area contributed by atoms with Crippen LogP contribution in [0.25, 0.3) is 132 Å². The van der Waals surface area contributed by atoms with Gasteiger partial charge in [0.05, 0.1) is 0 Å². The number of benzene rings is 16. The van der Waals surface area contributed by atoms with Crippen molar-refractivity contribution in [2.24, 2.45) is 0 Å². The molecular weight excluding hydrogens is 1430 g/mol. The monoisotopic (exact) mass is 1590 g/mol. The van der Waals surface area contributed by atoms with Crippen molar-refractivity contribution >= 4 is 53.9 Å². The summed E-state index contributed by atoms with van der Waals surface area (Å²) in [5.41, 5.74) is 24.5. The van der Waals surface area contributed by atoms with Crippen LogP contribution in [0.2, 0.25) is 0 Å². The zero-order valence-corrected chi connectivity index (χ0v) is 80.4. The minimum absolute atomic E-state index is 1.26. The Balaban J connectivity index is 0. The van der Waals surface area contributed by atoms with E-state index in [2.05, 4.69) is 374 Å². The van der Waals surface area contributed by atoms with Gasteiger partial charge in [-0.3, -0.25) is 0 Å². The Bertz CT molecular complexity index is 5220. The number of hydrogen-bond donors (Lipinski definition) is 0. The van der Waals surface area contributed by atoms with Crippen LogP contribution >= 0.6 is 0 Å². The van der Waals surface area contributed by atoms with Gasteiger partial charge in [-0.15, -0.1) is 0 Å². The maximum absolute atomic E-state index is 2.36. The van der Waals surface area contributed by atoms with Crippen LogP contribution in [0.1, 0.15) is 222 Å². The Kier molecular flexibility index (Phi) is 62.6. The molecule has 0 saturated heterocycles. The molecule has 0 spiro atoms. The van der Waals surface area contributed by atoms with Gasteiger partial charge in [0.25, 0.3) is 0 Å². The van der Waals surface area contributed by atoms with E-state index < -0.39 is 0 Å². The Labute approximate surface area is 729 Å². The van der Waals surface area contributed by atoms with Crippen LogP contribution in [0.3, 0.4) is 0 Å².